The Balaban J connectivity index is 1.47. The first kappa shape index (κ1) is 15.5. The number of rotatable bonds is 3. The molecule has 0 atom stereocenters. The van der Waals surface area contributed by atoms with Gasteiger partial charge in [-0.25, -0.2) is 9.97 Å². The van der Waals surface area contributed by atoms with Gasteiger partial charge in [0.15, 0.2) is 0 Å². The number of hydrogen-bond donors (Lipinski definition) is 0. The first-order valence-electron chi connectivity index (χ1n) is 8.24. The second-order valence-corrected chi connectivity index (χ2v) is 6.74. The molecule has 0 radical (unpaired) electrons. The first-order chi connectivity index (χ1) is 11.8. The molecule has 4 heterocycles. The van der Waals surface area contributed by atoms with Gasteiger partial charge in [0.2, 0.25) is 5.13 Å². The zero-order valence-corrected chi connectivity index (χ0v) is 14.6. The highest BCUT2D eigenvalue weighted by atomic mass is 32.1. The van der Waals surface area contributed by atoms with E-state index in [9.17, 15) is 0 Å². The maximum absolute atomic E-state index is 5.43. The summed E-state index contributed by atoms with van der Waals surface area (Å²) in [5.41, 5.74) is 1.78. The first-order valence-corrected chi connectivity index (χ1v) is 9.12. The smallest absolute Gasteiger partial charge is 0.208 e. The molecule has 2 aliphatic heterocycles. The zero-order chi connectivity index (χ0) is 16.4. The lowest BCUT2D eigenvalue weighted by Gasteiger charge is -2.35. The topological polar surface area (TPSA) is 70.5 Å². The van der Waals surface area contributed by atoms with Gasteiger partial charge in [-0.2, -0.15) is 0 Å². The second-order valence-electron chi connectivity index (χ2n) is 5.93. The van der Waals surface area contributed by atoms with Crippen molar-refractivity contribution in [1.82, 2.24) is 20.2 Å². The molecule has 24 heavy (non-hydrogen) atoms. The molecule has 0 unspecified atom stereocenters. The van der Waals surface area contributed by atoms with Crippen LogP contribution in [-0.2, 0) is 4.74 Å². The second kappa shape index (κ2) is 6.86. The van der Waals surface area contributed by atoms with Crippen molar-refractivity contribution in [1.29, 1.82) is 0 Å². The molecule has 0 bridgehead atoms. The lowest BCUT2D eigenvalue weighted by Crippen LogP contribution is -2.47. The molecule has 2 aliphatic rings. The molecule has 0 saturated carbocycles. The van der Waals surface area contributed by atoms with Gasteiger partial charge in [0, 0.05) is 45.3 Å². The minimum absolute atomic E-state index is 0.763. The van der Waals surface area contributed by atoms with Gasteiger partial charge in [0.25, 0.3) is 0 Å². The molecule has 8 nitrogen and oxygen atoms in total. The van der Waals surface area contributed by atoms with Crippen molar-refractivity contribution in [3.05, 3.63) is 17.4 Å². The van der Waals surface area contributed by atoms with Gasteiger partial charge >= 0.3 is 0 Å². The van der Waals surface area contributed by atoms with Crippen molar-refractivity contribution in [2.24, 2.45) is 0 Å². The quantitative estimate of drug-likeness (QED) is 0.807. The average molecular weight is 347 g/mol. The van der Waals surface area contributed by atoms with E-state index in [-0.39, 0.29) is 0 Å². The third-order valence-electron chi connectivity index (χ3n) is 4.37. The van der Waals surface area contributed by atoms with Crippen LogP contribution in [0.2, 0.25) is 0 Å². The number of piperazine rings is 1. The van der Waals surface area contributed by atoms with Crippen molar-refractivity contribution in [2.45, 2.75) is 6.92 Å². The Hall–Kier alpha value is -2.00. The molecule has 2 saturated heterocycles. The van der Waals surface area contributed by atoms with Crippen LogP contribution >= 0.6 is 11.3 Å². The van der Waals surface area contributed by atoms with Crippen LogP contribution < -0.4 is 14.7 Å². The minimum Gasteiger partial charge on any atom is -0.378 e. The van der Waals surface area contributed by atoms with Gasteiger partial charge in [-0.1, -0.05) is 11.3 Å². The van der Waals surface area contributed by atoms with E-state index in [1.807, 2.05) is 6.92 Å². The standard InChI is InChI=1S/C15H21N7OS/c1-12-17-13(10-14(18-12)21-6-8-23-9-7-21)20-2-4-22(5-3-20)15-19-16-11-24-15/h10-11H,2-9H2,1H3. The van der Waals surface area contributed by atoms with Crippen molar-refractivity contribution in [3.63, 3.8) is 0 Å². The van der Waals surface area contributed by atoms with Crippen LogP contribution in [0.4, 0.5) is 16.8 Å². The number of morpholine rings is 1. The van der Waals surface area contributed by atoms with Gasteiger partial charge in [-0.05, 0) is 6.92 Å². The number of aromatic nitrogens is 4. The van der Waals surface area contributed by atoms with Crippen LogP contribution in [0, 0.1) is 6.92 Å². The molecule has 2 aromatic rings. The maximum Gasteiger partial charge on any atom is 0.208 e. The molecule has 0 N–H and O–H groups in total. The lowest BCUT2D eigenvalue weighted by atomic mass is 10.3. The molecule has 0 spiro atoms. The Kier molecular flexibility index (Phi) is 4.44. The summed E-state index contributed by atoms with van der Waals surface area (Å²) in [4.78, 5) is 16.2. The van der Waals surface area contributed by atoms with Crippen LogP contribution in [0.5, 0.6) is 0 Å². The Labute approximate surface area is 145 Å². The fraction of sp³-hybridized carbons (Fsp3) is 0.600. The van der Waals surface area contributed by atoms with Gasteiger partial charge in [0.1, 0.15) is 23.0 Å². The summed E-state index contributed by atoms with van der Waals surface area (Å²) in [6.07, 6.45) is 0. The zero-order valence-electron chi connectivity index (χ0n) is 13.8. The highest BCUT2D eigenvalue weighted by Gasteiger charge is 2.22. The molecule has 0 aromatic carbocycles. The lowest BCUT2D eigenvalue weighted by molar-refractivity contribution is 0.122. The average Bonchev–Trinajstić information content (AvgIpc) is 3.17. The fourth-order valence-electron chi connectivity index (χ4n) is 3.08. The largest absolute Gasteiger partial charge is 0.378 e. The summed E-state index contributed by atoms with van der Waals surface area (Å²) in [6.45, 7) is 9.00. The van der Waals surface area contributed by atoms with Gasteiger partial charge in [-0.3, -0.25) is 0 Å². The van der Waals surface area contributed by atoms with E-state index >= 15 is 0 Å². The normalized spacial score (nSPS) is 19.0. The van der Waals surface area contributed by atoms with Crippen molar-refractivity contribution in [3.8, 4) is 0 Å². The predicted octanol–water partition coefficient (Wildman–Crippen LogP) is 0.800. The van der Waals surface area contributed by atoms with Gasteiger partial charge in [-0.15, -0.1) is 10.2 Å². The number of aryl methyl sites for hydroxylation is 1. The van der Waals surface area contributed by atoms with Crippen molar-refractivity contribution >= 4 is 28.1 Å². The number of anilines is 3. The molecule has 4 rings (SSSR count). The molecule has 0 aliphatic carbocycles. The summed E-state index contributed by atoms with van der Waals surface area (Å²) in [5.74, 6) is 2.84. The Morgan fingerprint density at radius 1 is 0.917 bits per heavy atom. The highest BCUT2D eigenvalue weighted by molar-refractivity contribution is 7.13. The molecular formula is C15H21N7OS. The predicted molar refractivity (Wildman–Crippen MR) is 94.1 cm³/mol. The monoisotopic (exact) mass is 347 g/mol. The third kappa shape index (κ3) is 3.27. The van der Waals surface area contributed by atoms with Crippen LogP contribution in [0.3, 0.4) is 0 Å². The summed E-state index contributed by atoms with van der Waals surface area (Å²) in [6, 6.07) is 2.11. The van der Waals surface area contributed by atoms with Crippen LogP contribution in [0.15, 0.2) is 11.6 Å². The summed E-state index contributed by atoms with van der Waals surface area (Å²) < 4.78 is 5.43. The number of hydrogen-bond acceptors (Lipinski definition) is 9. The Bertz CT molecular complexity index is 666. The molecule has 0 amide bonds. The maximum atomic E-state index is 5.43. The van der Waals surface area contributed by atoms with E-state index in [1.54, 1.807) is 16.8 Å². The van der Waals surface area contributed by atoms with Crippen molar-refractivity contribution in [2.75, 3.05) is 67.2 Å². The Morgan fingerprint density at radius 3 is 2.17 bits per heavy atom. The van der Waals surface area contributed by atoms with E-state index in [0.717, 1.165) is 75.1 Å². The molecule has 2 aromatic heterocycles. The summed E-state index contributed by atoms with van der Waals surface area (Å²) in [7, 11) is 0. The van der Waals surface area contributed by atoms with E-state index in [1.165, 1.54) is 0 Å². The third-order valence-corrected chi connectivity index (χ3v) is 5.12. The SMILES string of the molecule is Cc1nc(N2CCOCC2)cc(N2CCN(c3nncs3)CC2)n1. The highest BCUT2D eigenvalue weighted by Crippen LogP contribution is 2.23. The summed E-state index contributed by atoms with van der Waals surface area (Å²) in [5, 5.41) is 9.09. The van der Waals surface area contributed by atoms with E-state index in [2.05, 4.69) is 40.9 Å². The van der Waals surface area contributed by atoms with Crippen LogP contribution in [0.1, 0.15) is 5.82 Å². The molecular weight excluding hydrogens is 326 g/mol. The minimum atomic E-state index is 0.763. The van der Waals surface area contributed by atoms with Gasteiger partial charge < -0.3 is 19.4 Å². The van der Waals surface area contributed by atoms with Gasteiger partial charge in [0.05, 0.1) is 13.2 Å². The molecule has 2 fully saturated rings. The molecule has 9 heteroatoms. The van der Waals surface area contributed by atoms with E-state index in [0.29, 0.717) is 0 Å². The number of nitrogens with zero attached hydrogens (tertiary/aromatic N) is 7. The van der Waals surface area contributed by atoms with Crippen LogP contribution in [-0.4, -0.2) is 72.6 Å². The van der Waals surface area contributed by atoms with E-state index in [4.69, 9.17) is 4.74 Å². The van der Waals surface area contributed by atoms with E-state index < -0.39 is 0 Å². The summed E-state index contributed by atoms with van der Waals surface area (Å²) >= 11 is 1.59. The molecule has 128 valence electrons. The number of ether oxygens (including phenoxy) is 1. The Morgan fingerprint density at radius 2 is 1.54 bits per heavy atom. The van der Waals surface area contributed by atoms with Crippen molar-refractivity contribution < 1.29 is 4.74 Å². The fourth-order valence-corrected chi connectivity index (χ4v) is 3.70. The van der Waals surface area contributed by atoms with Crippen LogP contribution in [0.25, 0.3) is 0 Å².